The summed E-state index contributed by atoms with van der Waals surface area (Å²) in [5, 5.41) is 21.8. The lowest BCUT2D eigenvalue weighted by Crippen LogP contribution is -2.18. The van der Waals surface area contributed by atoms with E-state index in [9.17, 15) is 25.0 Å². The van der Waals surface area contributed by atoms with Gasteiger partial charge in [-0.05, 0) is 30.6 Å². The second-order valence-corrected chi connectivity index (χ2v) is 7.65. The quantitative estimate of drug-likeness (QED) is 0.341. The number of carbonyl (C=O) groups excluding carboxylic acids is 1. The normalized spacial score (nSPS) is 25.7. The molecule has 26 heavy (non-hydrogen) atoms. The molecule has 1 aromatic carbocycles. The van der Waals surface area contributed by atoms with Gasteiger partial charge in [-0.15, -0.1) is 0 Å². The van der Waals surface area contributed by atoms with Gasteiger partial charge < -0.3 is 4.74 Å². The predicted molar refractivity (Wildman–Crippen MR) is 92.7 cm³/mol. The second kappa shape index (κ2) is 6.19. The minimum absolute atomic E-state index is 0.107. The first-order chi connectivity index (χ1) is 12.1. The summed E-state index contributed by atoms with van der Waals surface area (Å²) in [6.45, 7) is 6.63. The van der Waals surface area contributed by atoms with Gasteiger partial charge in [0, 0.05) is 18.1 Å². The van der Waals surface area contributed by atoms with Crippen molar-refractivity contribution in [3.05, 3.63) is 55.6 Å². The van der Waals surface area contributed by atoms with Crippen molar-refractivity contribution in [1.29, 1.82) is 0 Å². The number of esters is 1. The smallest absolute Gasteiger partial charge is 0.338 e. The molecule has 2 aliphatic carbocycles. The third kappa shape index (κ3) is 3.18. The highest BCUT2D eigenvalue weighted by molar-refractivity contribution is 5.91. The average Bonchev–Trinajstić information content (AvgIpc) is 3.11. The number of hydrogen-bond donors (Lipinski definition) is 0. The number of nitrogens with zero attached hydrogens (tertiary/aromatic N) is 2. The molecular formula is C18H20N2O6. The minimum atomic E-state index is -0.790. The molecule has 0 radical (unpaired) electrons. The highest BCUT2D eigenvalue weighted by atomic mass is 16.6. The van der Waals surface area contributed by atoms with Gasteiger partial charge in [0.2, 0.25) is 0 Å². The highest BCUT2D eigenvalue weighted by Crippen LogP contribution is 2.64. The lowest BCUT2D eigenvalue weighted by Gasteiger charge is -2.21. The maximum atomic E-state index is 12.3. The number of nitro groups is 2. The summed E-state index contributed by atoms with van der Waals surface area (Å²) in [5.74, 6) is 0.472. The molecule has 0 heterocycles. The maximum Gasteiger partial charge on any atom is 0.338 e. The van der Waals surface area contributed by atoms with Crippen LogP contribution in [0.4, 0.5) is 11.4 Å². The molecule has 138 valence electrons. The number of benzene rings is 1. The van der Waals surface area contributed by atoms with E-state index in [2.05, 4.69) is 19.9 Å². The van der Waals surface area contributed by atoms with Gasteiger partial charge in [0.05, 0.1) is 28.1 Å². The Hall–Kier alpha value is -2.77. The van der Waals surface area contributed by atoms with Gasteiger partial charge in [-0.3, -0.25) is 20.2 Å². The van der Waals surface area contributed by atoms with Crippen LogP contribution in [0.2, 0.25) is 0 Å². The fraction of sp³-hybridized carbons (Fsp3) is 0.500. The topological polar surface area (TPSA) is 113 Å². The SMILES string of the molecule is CC1=C[C@H]2[C@@H](C[C@H]1COC(=O)c1cc([N+](=O)[O-])cc([N+](=O)[O-])c1)C2(C)C. The van der Waals surface area contributed by atoms with Gasteiger partial charge in [0.15, 0.2) is 0 Å². The number of carbonyl (C=O) groups is 1. The van der Waals surface area contributed by atoms with E-state index < -0.39 is 27.2 Å². The third-order valence-electron chi connectivity index (χ3n) is 5.74. The molecule has 1 fully saturated rings. The summed E-state index contributed by atoms with van der Waals surface area (Å²) in [4.78, 5) is 32.6. The zero-order valence-electron chi connectivity index (χ0n) is 14.8. The Morgan fingerprint density at radius 2 is 1.77 bits per heavy atom. The van der Waals surface area contributed by atoms with Gasteiger partial charge in [-0.1, -0.05) is 25.5 Å². The fourth-order valence-electron chi connectivity index (χ4n) is 3.86. The Bertz CT molecular complexity index is 797. The van der Waals surface area contributed by atoms with Gasteiger partial charge in [-0.2, -0.15) is 0 Å². The van der Waals surface area contributed by atoms with Crippen LogP contribution in [0.1, 0.15) is 37.6 Å². The summed E-state index contributed by atoms with van der Waals surface area (Å²) in [6, 6.07) is 2.82. The summed E-state index contributed by atoms with van der Waals surface area (Å²) in [5.41, 5.74) is 0.244. The molecule has 0 aromatic heterocycles. The molecule has 0 bridgehead atoms. The first-order valence-electron chi connectivity index (χ1n) is 8.40. The molecule has 3 rings (SSSR count). The third-order valence-corrected chi connectivity index (χ3v) is 5.74. The van der Waals surface area contributed by atoms with Crippen molar-refractivity contribution in [3.8, 4) is 0 Å². The standard InChI is InChI=1S/C18H20N2O6/c1-10-4-15-16(18(15,2)3)7-12(10)9-26-17(21)11-5-13(19(22)23)8-14(6-11)20(24)25/h4-6,8,12,15-16H,7,9H2,1-3H3/t12-,15-,16+/m0/s1. The average molecular weight is 360 g/mol. The monoisotopic (exact) mass is 360 g/mol. The lowest BCUT2D eigenvalue weighted by atomic mass is 9.89. The van der Waals surface area contributed by atoms with Crippen molar-refractivity contribution in [3.63, 3.8) is 0 Å². The number of allylic oxidation sites excluding steroid dienone is 1. The van der Waals surface area contributed by atoms with Gasteiger partial charge in [0.1, 0.15) is 0 Å². The number of ether oxygens (including phenoxy) is 1. The van der Waals surface area contributed by atoms with Crippen LogP contribution < -0.4 is 0 Å². The summed E-state index contributed by atoms with van der Waals surface area (Å²) < 4.78 is 5.32. The van der Waals surface area contributed by atoms with Crippen molar-refractivity contribution in [2.24, 2.45) is 23.2 Å². The zero-order chi connectivity index (χ0) is 19.2. The van der Waals surface area contributed by atoms with E-state index in [1.54, 1.807) is 0 Å². The van der Waals surface area contributed by atoms with Crippen LogP contribution in [0.3, 0.4) is 0 Å². The Morgan fingerprint density at radius 1 is 1.19 bits per heavy atom. The number of rotatable bonds is 5. The Balaban J connectivity index is 1.71. The van der Waals surface area contributed by atoms with Crippen molar-refractivity contribution in [2.45, 2.75) is 27.2 Å². The maximum absolute atomic E-state index is 12.3. The molecule has 8 nitrogen and oxygen atoms in total. The van der Waals surface area contributed by atoms with Crippen molar-refractivity contribution >= 4 is 17.3 Å². The molecule has 2 aliphatic rings. The van der Waals surface area contributed by atoms with E-state index in [0.717, 1.165) is 24.6 Å². The highest BCUT2D eigenvalue weighted by Gasteiger charge is 2.58. The molecule has 1 aromatic rings. The number of nitro benzene ring substituents is 2. The van der Waals surface area contributed by atoms with Crippen LogP contribution in [-0.4, -0.2) is 22.4 Å². The van der Waals surface area contributed by atoms with Gasteiger partial charge >= 0.3 is 5.97 Å². The Kier molecular flexibility index (Phi) is 4.29. The van der Waals surface area contributed by atoms with E-state index in [1.807, 2.05) is 6.92 Å². The predicted octanol–water partition coefficient (Wildman–Crippen LogP) is 3.90. The van der Waals surface area contributed by atoms with E-state index in [1.165, 1.54) is 5.57 Å². The van der Waals surface area contributed by atoms with Crippen LogP contribution in [0.5, 0.6) is 0 Å². The number of hydrogen-bond acceptors (Lipinski definition) is 6. The van der Waals surface area contributed by atoms with E-state index >= 15 is 0 Å². The lowest BCUT2D eigenvalue weighted by molar-refractivity contribution is -0.394. The van der Waals surface area contributed by atoms with Crippen molar-refractivity contribution < 1.29 is 19.4 Å². The van der Waals surface area contributed by atoms with E-state index in [4.69, 9.17) is 4.74 Å². The number of non-ortho nitro benzene ring substituents is 2. The molecule has 0 spiro atoms. The molecule has 0 aliphatic heterocycles. The first kappa shape index (κ1) is 18.0. The van der Waals surface area contributed by atoms with Crippen LogP contribution in [-0.2, 0) is 4.74 Å². The molecule has 3 atom stereocenters. The molecule has 1 saturated carbocycles. The van der Waals surface area contributed by atoms with E-state index in [0.29, 0.717) is 11.8 Å². The molecule has 0 N–H and O–H groups in total. The molecule has 0 unspecified atom stereocenters. The Morgan fingerprint density at radius 3 is 2.31 bits per heavy atom. The van der Waals surface area contributed by atoms with Crippen molar-refractivity contribution in [2.75, 3.05) is 6.61 Å². The molecular weight excluding hydrogens is 340 g/mol. The van der Waals surface area contributed by atoms with Gasteiger partial charge in [-0.25, -0.2) is 4.79 Å². The van der Waals surface area contributed by atoms with Crippen LogP contribution in [0.25, 0.3) is 0 Å². The van der Waals surface area contributed by atoms with E-state index in [-0.39, 0.29) is 23.5 Å². The minimum Gasteiger partial charge on any atom is -0.461 e. The summed E-state index contributed by atoms with van der Waals surface area (Å²) in [7, 11) is 0. The zero-order valence-corrected chi connectivity index (χ0v) is 14.8. The Labute approximate surface area is 150 Å². The summed E-state index contributed by atoms with van der Waals surface area (Å²) in [6.07, 6.45) is 3.17. The number of fused-ring (bicyclic) bond motifs is 1. The largest absolute Gasteiger partial charge is 0.461 e. The fourth-order valence-corrected chi connectivity index (χ4v) is 3.86. The summed E-state index contributed by atoms with van der Waals surface area (Å²) >= 11 is 0. The molecule has 8 heteroatoms. The van der Waals surface area contributed by atoms with Gasteiger partial charge in [0.25, 0.3) is 11.4 Å². The molecule has 0 saturated heterocycles. The van der Waals surface area contributed by atoms with Crippen LogP contribution in [0, 0.1) is 43.4 Å². The van der Waals surface area contributed by atoms with Crippen LogP contribution in [0.15, 0.2) is 29.8 Å². The second-order valence-electron chi connectivity index (χ2n) is 7.65. The molecule has 0 amide bonds. The van der Waals surface area contributed by atoms with Crippen molar-refractivity contribution in [1.82, 2.24) is 0 Å². The van der Waals surface area contributed by atoms with Crippen LogP contribution >= 0.6 is 0 Å². The first-order valence-corrected chi connectivity index (χ1v) is 8.40.